The second kappa shape index (κ2) is 8.60. The number of benzene rings is 1. The van der Waals surface area contributed by atoms with Gasteiger partial charge in [0.15, 0.2) is 11.6 Å². The molecule has 0 amide bonds. The molecule has 2 heterocycles. The first-order chi connectivity index (χ1) is 13.3. The second-order valence-corrected chi connectivity index (χ2v) is 8.10. The van der Waals surface area contributed by atoms with Crippen LogP contribution in [0.5, 0.6) is 0 Å². The van der Waals surface area contributed by atoms with Crippen molar-refractivity contribution in [3.63, 3.8) is 0 Å². The molecule has 0 saturated carbocycles. The van der Waals surface area contributed by atoms with Crippen LogP contribution in [0.3, 0.4) is 0 Å². The van der Waals surface area contributed by atoms with Gasteiger partial charge >= 0.3 is 0 Å². The molecule has 28 heavy (non-hydrogen) atoms. The summed E-state index contributed by atoms with van der Waals surface area (Å²) in [7, 11) is 0. The largest absolute Gasteiger partial charge is 0.355 e. The summed E-state index contributed by atoms with van der Waals surface area (Å²) < 4.78 is 0. The smallest absolute Gasteiger partial charge is 0.196 e. The number of hydrogen-bond donors (Lipinski definition) is 1. The summed E-state index contributed by atoms with van der Waals surface area (Å²) in [5.41, 5.74) is 3.95. The first kappa shape index (κ1) is 20.8. The van der Waals surface area contributed by atoms with Crippen molar-refractivity contribution in [3.05, 3.63) is 57.4 Å². The fourth-order valence-corrected chi connectivity index (χ4v) is 4.31. The highest BCUT2D eigenvalue weighted by atomic mass is 35.5. The Hall–Kier alpha value is -1.95. The lowest BCUT2D eigenvalue weighted by Crippen LogP contribution is -2.51. The first-order valence-corrected chi connectivity index (χ1v) is 10.1. The fourth-order valence-electron chi connectivity index (χ4n) is 4.10. The minimum atomic E-state index is -0.218. The molecule has 3 rings (SSSR count). The van der Waals surface area contributed by atoms with Crippen LogP contribution in [0.4, 0.5) is 0 Å². The quantitative estimate of drug-likeness (QED) is 0.746. The Balaban J connectivity index is 1.62. The van der Waals surface area contributed by atoms with Gasteiger partial charge in [-0.2, -0.15) is 0 Å². The van der Waals surface area contributed by atoms with Crippen LogP contribution in [0.2, 0.25) is 5.02 Å². The molecule has 1 aromatic heterocycles. The average Bonchev–Trinajstić information content (AvgIpc) is 2.95. The Kier molecular flexibility index (Phi) is 6.38. The predicted octanol–water partition coefficient (Wildman–Crippen LogP) is 3.88. The number of carbonyl (C=O) groups excluding carboxylic acids is 2. The number of hydrogen-bond acceptors (Lipinski definition) is 4. The molecule has 0 unspecified atom stereocenters. The average molecular weight is 402 g/mol. The molecule has 1 aliphatic rings. The third kappa shape index (κ3) is 4.37. The normalized spacial score (nSPS) is 16.9. The van der Waals surface area contributed by atoms with Crippen LogP contribution < -0.4 is 0 Å². The maximum atomic E-state index is 13.1. The highest BCUT2D eigenvalue weighted by Gasteiger charge is 2.29. The minimum Gasteiger partial charge on any atom is -0.355 e. The maximum absolute atomic E-state index is 13.1. The van der Waals surface area contributed by atoms with Crippen molar-refractivity contribution >= 4 is 23.2 Å². The van der Waals surface area contributed by atoms with Gasteiger partial charge in [0.1, 0.15) is 0 Å². The van der Waals surface area contributed by atoms with Gasteiger partial charge in [0, 0.05) is 49.0 Å². The Morgan fingerprint density at radius 1 is 1.18 bits per heavy atom. The zero-order valence-electron chi connectivity index (χ0n) is 17.0. The Morgan fingerprint density at radius 2 is 1.86 bits per heavy atom. The highest BCUT2D eigenvalue weighted by molar-refractivity contribution is 6.30. The van der Waals surface area contributed by atoms with E-state index in [1.54, 1.807) is 6.92 Å². The summed E-state index contributed by atoms with van der Waals surface area (Å²) in [6.45, 7) is 11.6. The number of halogens is 1. The van der Waals surface area contributed by atoms with E-state index in [2.05, 4.69) is 20.9 Å². The van der Waals surface area contributed by atoms with E-state index in [1.165, 1.54) is 5.56 Å². The van der Waals surface area contributed by atoms with Crippen LogP contribution in [0, 0.1) is 13.8 Å². The molecule has 5 nitrogen and oxygen atoms in total. The van der Waals surface area contributed by atoms with Gasteiger partial charge in [0.25, 0.3) is 0 Å². The fraction of sp³-hybridized carbons (Fsp3) is 0.455. The number of nitrogens with one attached hydrogen (secondary N) is 1. The molecule has 0 aliphatic carbocycles. The molecular formula is C22H28ClN3O2. The first-order valence-electron chi connectivity index (χ1n) is 9.73. The number of aromatic nitrogens is 1. The molecule has 1 aromatic carbocycles. The van der Waals surface area contributed by atoms with Gasteiger partial charge < -0.3 is 4.98 Å². The van der Waals surface area contributed by atoms with Crippen molar-refractivity contribution in [1.29, 1.82) is 0 Å². The number of carbonyl (C=O) groups is 2. The number of piperazine rings is 1. The van der Waals surface area contributed by atoms with E-state index in [9.17, 15) is 9.59 Å². The van der Waals surface area contributed by atoms with Gasteiger partial charge in [0.05, 0.1) is 11.7 Å². The second-order valence-electron chi connectivity index (χ2n) is 7.66. The van der Waals surface area contributed by atoms with Crippen LogP contribution >= 0.6 is 11.6 Å². The molecule has 0 bridgehead atoms. The molecule has 2 aromatic rings. The van der Waals surface area contributed by atoms with Gasteiger partial charge in [-0.1, -0.05) is 23.7 Å². The van der Waals surface area contributed by atoms with Gasteiger partial charge in [-0.3, -0.25) is 19.4 Å². The van der Waals surface area contributed by atoms with Gasteiger partial charge in [-0.25, -0.2) is 0 Å². The van der Waals surface area contributed by atoms with Gasteiger partial charge in [-0.05, 0) is 51.0 Å². The lowest BCUT2D eigenvalue weighted by molar-refractivity contribution is 0.0683. The molecule has 0 radical (unpaired) electrons. The molecule has 1 saturated heterocycles. The van der Waals surface area contributed by atoms with E-state index in [-0.39, 0.29) is 17.6 Å². The molecular weight excluding hydrogens is 374 g/mol. The standard InChI is InChI=1S/C22H28ClN3O2/c1-14-20(17(4)27)15(2)24-21(14)22(28)16(3)26-10-8-25(9-11-26)13-18-6-5-7-19(23)12-18/h5-7,12,16,24H,8-11,13H2,1-4H3/t16-/m1/s1. The lowest BCUT2D eigenvalue weighted by Gasteiger charge is -2.37. The van der Waals surface area contributed by atoms with Crippen LogP contribution in [0.25, 0.3) is 0 Å². The summed E-state index contributed by atoms with van der Waals surface area (Å²) in [6, 6.07) is 7.74. The number of aryl methyl sites for hydroxylation is 1. The summed E-state index contributed by atoms with van der Waals surface area (Å²) in [6.07, 6.45) is 0. The van der Waals surface area contributed by atoms with Crippen molar-refractivity contribution in [3.8, 4) is 0 Å². The number of Topliss-reactive ketones (excluding diaryl/α,β-unsaturated/α-hetero) is 2. The zero-order chi connectivity index (χ0) is 20.4. The highest BCUT2D eigenvalue weighted by Crippen LogP contribution is 2.22. The zero-order valence-corrected chi connectivity index (χ0v) is 17.8. The molecule has 150 valence electrons. The van der Waals surface area contributed by atoms with Crippen LogP contribution in [-0.2, 0) is 6.54 Å². The SMILES string of the molecule is CC(=O)c1c(C)[nH]c(C(=O)[C@@H](C)N2CCN(Cc3cccc(Cl)c3)CC2)c1C. The summed E-state index contributed by atoms with van der Waals surface area (Å²) in [4.78, 5) is 32.6. The number of aromatic amines is 1. The monoisotopic (exact) mass is 401 g/mol. The van der Waals surface area contributed by atoms with Gasteiger partial charge in [-0.15, -0.1) is 0 Å². The van der Waals surface area contributed by atoms with Crippen molar-refractivity contribution in [2.75, 3.05) is 26.2 Å². The predicted molar refractivity (Wildman–Crippen MR) is 112 cm³/mol. The van der Waals surface area contributed by atoms with E-state index < -0.39 is 0 Å². The van der Waals surface area contributed by atoms with Crippen molar-refractivity contribution < 1.29 is 9.59 Å². The van der Waals surface area contributed by atoms with Gasteiger partial charge in [0.2, 0.25) is 0 Å². The van der Waals surface area contributed by atoms with Crippen molar-refractivity contribution in [1.82, 2.24) is 14.8 Å². The number of ketones is 2. The number of nitrogens with zero attached hydrogens (tertiary/aromatic N) is 2. The summed E-state index contributed by atoms with van der Waals surface area (Å²) in [5.74, 6) is 0.0453. The topological polar surface area (TPSA) is 56.4 Å². The number of rotatable bonds is 6. The summed E-state index contributed by atoms with van der Waals surface area (Å²) in [5, 5.41) is 0.761. The molecule has 1 aliphatic heterocycles. The van der Waals surface area contributed by atoms with E-state index >= 15 is 0 Å². The third-order valence-electron chi connectivity index (χ3n) is 5.67. The molecule has 6 heteroatoms. The number of H-pyrrole nitrogens is 1. The van der Waals surface area contributed by atoms with E-state index in [0.29, 0.717) is 11.3 Å². The van der Waals surface area contributed by atoms with E-state index in [1.807, 2.05) is 39.0 Å². The van der Waals surface area contributed by atoms with Crippen LogP contribution in [0.1, 0.15) is 51.5 Å². The minimum absolute atomic E-state index is 0.00687. The summed E-state index contributed by atoms with van der Waals surface area (Å²) >= 11 is 6.08. The Morgan fingerprint density at radius 3 is 2.43 bits per heavy atom. The van der Waals surface area contributed by atoms with Crippen LogP contribution in [0.15, 0.2) is 24.3 Å². The molecule has 1 atom stereocenters. The lowest BCUT2D eigenvalue weighted by atomic mass is 10.0. The molecule has 0 spiro atoms. The van der Waals surface area contributed by atoms with Crippen LogP contribution in [-0.4, -0.2) is 58.6 Å². The van der Waals surface area contributed by atoms with E-state index in [0.717, 1.165) is 49.0 Å². The Labute approximate surface area is 171 Å². The van der Waals surface area contributed by atoms with Crippen molar-refractivity contribution in [2.45, 2.75) is 40.3 Å². The Bertz CT molecular complexity index is 882. The molecule has 1 fully saturated rings. The van der Waals surface area contributed by atoms with Crippen molar-refractivity contribution in [2.24, 2.45) is 0 Å². The maximum Gasteiger partial charge on any atom is 0.196 e. The van der Waals surface area contributed by atoms with E-state index in [4.69, 9.17) is 11.6 Å². The third-order valence-corrected chi connectivity index (χ3v) is 5.90. The molecule has 1 N–H and O–H groups in total.